The van der Waals surface area contributed by atoms with Gasteiger partial charge in [0.25, 0.3) is 0 Å². The van der Waals surface area contributed by atoms with Gasteiger partial charge in [-0.25, -0.2) is 13.4 Å². The number of thioether (sulfide) groups is 1. The average molecular weight is 323 g/mol. The van der Waals surface area contributed by atoms with E-state index in [2.05, 4.69) is 4.98 Å². The summed E-state index contributed by atoms with van der Waals surface area (Å²) in [7, 11) is -3.12. The van der Waals surface area contributed by atoms with Crippen LogP contribution in [-0.2, 0) is 9.84 Å². The van der Waals surface area contributed by atoms with E-state index >= 15 is 0 Å². The lowest BCUT2D eigenvalue weighted by Gasteiger charge is -2.13. The first-order valence-corrected chi connectivity index (χ1v) is 9.48. The van der Waals surface area contributed by atoms with Crippen molar-refractivity contribution in [1.82, 2.24) is 4.98 Å². The van der Waals surface area contributed by atoms with Crippen LogP contribution in [0, 0.1) is 13.8 Å². The predicted octanol–water partition coefficient (Wildman–Crippen LogP) is 2.10. The molecule has 1 aromatic carbocycles. The van der Waals surface area contributed by atoms with Gasteiger partial charge in [0.15, 0.2) is 9.84 Å². The minimum absolute atomic E-state index is 0.0192. The van der Waals surface area contributed by atoms with Crippen molar-refractivity contribution in [3.8, 4) is 0 Å². The fourth-order valence-corrected chi connectivity index (χ4v) is 6.24. The Morgan fingerprint density at radius 1 is 1.24 bits per heavy atom. The quantitative estimate of drug-likeness (QED) is 0.917. The highest BCUT2D eigenvalue weighted by atomic mass is 32.2. The van der Waals surface area contributed by atoms with Crippen molar-refractivity contribution in [2.45, 2.75) is 30.2 Å². The minimum atomic E-state index is -3.12. The lowest BCUT2D eigenvalue weighted by molar-refractivity contribution is 0.207. The summed E-state index contributed by atoms with van der Waals surface area (Å²) in [6.07, 6.45) is -0.810. The third-order valence-corrected chi connectivity index (χ3v) is 6.93. The minimum Gasteiger partial charge on any atom is -0.391 e. The monoisotopic (exact) mass is 323 g/mol. The van der Waals surface area contributed by atoms with Gasteiger partial charge < -0.3 is 5.11 Å². The third-order valence-electron chi connectivity index (χ3n) is 3.77. The molecule has 2 heterocycles. The number of aliphatic hydroxyl groups is 1. The Morgan fingerprint density at radius 2 is 2.00 bits per heavy atom. The highest BCUT2D eigenvalue weighted by molar-refractivity contribution is 8.01. The van der Waals surface area contributed by atoms with Gasteiger partial charge in [0.05, 0.1) is 33.4 Å². The lowest BCUT2D eigenvalue weighted by Crippen LogP contribution is -2.20. The van der Waals surface area contributed by atoms with Gasteiger partial charge in [-0.1, -0.05) is 30.0 Å². The molecule has 1 N–H and O–H groups in total. The summed E-state index contributed by atoms with van der Waals surface area (Å²) in [5.41, 5.74) is 3.15. The standard InChI is InChI=1S/C15H17NO3S2/c1-9-4-3-5-11-10(2)6-14(16-15(9)11)20-13-8-21(18,19)7-12(13)17/h3-6,12-13,17H,7-8H2,1-2H3/t12-,13-/m1/s1. The zero-order chi connectivity index (χ0) is 15.2. The van der Waals surface area contributed by atoms with E-state index in [4.69, 9.17) is 0 Å². The van der Waals surface area contributed by atoms with Crippen LogP contribution in [0.3, 0.4) is 0 Å². The van der Waals surface area contributed by atoms with Gasteiger partial charge in [0.1, 0.15) is 0 Å². The van der Waals surface area contributed by atoms with Gasteiger partial charge in [-0.15, -0.1) is 0 Å². The molecule has 2 atom stereocenters. The highest BCUT2D eigenvalue weighted by Gasteiger charge is 2.37. The molecule has 3 rings (SSSR count). The molecule has 0 spiro atoms. The summed E-state index contributed by atoms with van der Waals surface area (Å²) in [6.45, 7) is 4.04. The molecule has 21 heavy (non-hydrogen) atoms. The van der Waals surface area contributed by atoms with Crippen LogP contribution in [0.4, 0.5) is 0 Å². The lowest BCUT2D eigenvalue weighted by atomic mass is 10.1. The highest BCUT2D eigenvalue weighted by Crippen LogP contribution is 2.32. The molecule has 0 amide bonds. The first-order valence-electron chi connectivity index (χ1n) is 6.78. The second kappa shape index (κ2) is 5.26. The predicted molar refractivity (Wildman–Crippen MR) is 85.5 cm³/mol. The Morgan fingerprint density at radius 3 is 2.67 bits per heavy atom. The molecule has 0 unspecified atom stereocenters. The number of benzene rings is 1. The number of aryl methyl sites for hydroxylation is 2. The maximum absolute atomic E-state index is 11.6. The Bertz CT molecular complexity index is 802. The molecule has 1 fully saturated rings. The zero-order valence-electron chi connectivity index (χ0n) is 11.9. The van der Waals surface area contributed by atoms with Gasteiger partial charge in [0.2, 0.25) is 0 Å². The molecule has 6 heteroatoms. The van der Waals surface area contributed by atoms with Crippen LogP contribution in [0.1, 0.15) is 11.1 Å². The molecular formula is C15H17NO3S2. The van der Waals surface area contributed by atoms with E-state index in [1.807, 2.05) is 38.1 Å². The van der Waals surface area contributed by atoms with Crippen molar-refractivity contribution in [1.29, 1.82) is 0 Å². The van der Waals surface area contributed by atoms with Crippen LogP contribution in [0.25, 0.3) is 10.9 Å². The van der Waals surface area contributed by atoms with Gasteiger partial charge in [-0.05, 0) is 31.0 Å². The van der Waals surface area contributed by atoms with Crippen molar-refractivity contribution in [3.63, 3.8) is 0 Å². The molecule has 1 aliphatic rings. The van der Waals surface area contributed by atoms with E-state index in [0.29, 0.717) is 0 Å². The van der Waals surface area contributed by atoms with Crippen molar-refractivity contribution in [3.05, 3.63) is 35.4 Å². The summed E-state index contributed by atoms with van der Waals surface area (Å²) in [5, 5.41) is 11.4. The maximum atomic E-state index is 11.6. The molecule has 0 bridgehead atoms. The summed E-state index contributed by atoms with van der Waals surface area (Å²) >= 11 is 1.36. The van der Waals surface area contributed by atoms with Crippen molar-refractivity contribution >= 4 is 32.5 Å². The summed E-state index contributed by atoms with van der Waals surface area (Å²) in [5.74, 6) is -0.123. The largest absolute Gasteiger partial charge is 0.391 e. The average Bonchev–Trinajstić information content (AvgIpc) is 2.64. The molecule has 112 valence electrons. The normalized spacial score (nSPS) is 24.5. The first kappa shape index (κ1) is 14.8. The molecule has 1 saturated heterocycles. The summed E-state index contributed by atoms with van der Waals surface area (Å²) < 4.78 is 23.2. The van der Waals surface area contributed by atoms with Crippen LogP contribution in [0.5, 0.6) is 0 Å². The number of nitrogens with zero attached hydrogens (tertiary/aromatic N) is 1. The number of para-hydroxylation sites is 1. The number of aromatic nitrogens is 1. The van der Waals surface area contributed by atoms with Gasteiger partial charge in [-0.3, -0.25) is 0 Å². The number of pyridine rings is 1. The summed E-state index contributed by atoms with van der Waals surface area (Å²) in [6, 6.07) is 8.02. The van der Waals surface area contributed by atoms with Crippen LogP contribution in [0.15, 0.2) is 29.3 Å². The van der Waals surface area contributed by atoms with E-state index in [1.54, 1.807) is 0 Å². The number of hydrogen-bond acceptors (Lipinski definition) is 5. The summed E-state index contributed by atoms with van der Waals surface area (Å²) in [4.78, 5) is 4.64. The Balaban J connectivity index is 1.97. The van der Waals surface area contributed by atoms with Crippen molar-refractivity contribution in [2.75, 3.05) is 11.5 Å². The second-order valence-electron chi connectivity index (χ2n) is 5.55. The van der Waals surface area contributed by atoms with E-state index < -0.39 is 15.9 Å². The van der Waals surface area contributed by atoms with Crippen molar-refractivity contribution < 1.29 is 13.5 Å². The van der Waals surface area contributed by atoms with E-state index in [9.17, 15) is 13.5 Å². The molecule has 0 saturated carbocycles. The van der Waals surface area contributed by atoms with E-state index in [0.717, 1.165) is 27.1 Å². The number of sulfone groups is 1. The SMILES string of the molecule is Cc1cc(S[C@@H]2CS(=O)(=O)C[C@H]2O)nc2c(C)cccc12. The molecular weight excluding hydrogens is 306 g/mol. The Labute approximate surface area is 128 Å². The van der Waals surface area contributed by atoms with Gasteiger partial charge >= 0.3 is 0 Å². The van der Waals surface area contributed by atoms with Crippen LogP contribution in [0.2, 0.25) is 0 Å². The first-order chi connectivity index (χ1) is 9.85. The Kier molecular flexibility index (Phi) is 3.71. The number of aliphatic hydroxyl groups excluding tert-OH is 1. The molecule has 0 radical (unpaired) electrons. The van der Waals surface area contributed by atoms with Crippen LogP contribution >= 0.6 is 11.8 Å². The molecule has 4 nitrogen and oxygen atoms in total. The fourth-order valence-electron chi connectivity index (χ4n) is 2.66. The second-order valence-corrected chi connectivity index (χ2v) is 8.96. The number of rotatable bonds is 2. The topological polar surface area (TPSA) is 67.3 Å². The fraction of sp³-hybridized carbons (Fsp3) is 0.400. The smallest absolute Gasteiger partial charge is 0.154 e. The Hall–Kier alpha value is -1.11. The maximum Gasteiger partial charge on any atom is 0.154 e. The molecule has 2 aromatic rings. The number of fused-ring (bicyclic) bond motifs is 1. The molecule has 1 aromatic heterocycles. The van der Waals surface area contributed by atoms with Gasteiger partial charge in [0, 0.05) is 5.39 Å². The van der Waals surface area contributed by atoms with Crippen molar-refractivity contribution in [2.24, 2.45) is 0 Å². The third kappa shape index (κ3) is 2.93. The van der Waals surface area contributed by atoms with Gasteiger partial charge in [-0.2, -0.15) is 0 Å². The van der Waals surface area contributed by atoms with Crippen LogP contribution < -0.4 is 0 Å². The molecule has 1 aliphatic heterocycles. The zero-order valence-corrected chi connectivity index (χ0v) is 13.5. The van der Waals surface area contributed by atoms with Crippen LogP contribution in [-0.4, -0.2) is 41.4 Å². The number of hydrogen-bond donors (Lipinski definition) is 1. The van der Waals surface area contributed by atoms with E-state index in [-0.39, 0.29) is 16.8 Å². The molecule has 0 aliphatic carbocycles. The van der Waals surface area contributed by atoms with E-state index in [1.165, 1.54) is 11.8 Å².